The van der Waals surface area contributed by atoms with Crippen LogP contribution in [0.25, 0.3) is 0 Å². The van der Waals surface area contributed by atoms with Crippen molar-refractivity contribution < 1.29 is 19.1 Å². The topological polar surface area (TPSA) is 63.7 Å². The molecule has 2 atom stereocenters. The summed E-state index contributed by atoms with van der Waals surface area (Å²) in [5, 5.41) is 0. The van der Waals surface area contributed by atoms with Crippen molar-refractivity contribution in [2.75, 3.05) is 6.54 Å². The van der Waals surface area contributed by atoms with Crippen molar-refractivity contribution in [3.05, 3.63) is 71.8 Å². The van der Waals surface area contributed by atoms with Gasteiger partial charge in [-0.1, -0.05) is 81.4 Å². The van der Waals surface area contributed by atoms with Crippen LogP contribution in [0.15, 0.2) is 60.7 Å². The molecule has 1 saturated heterocycles. The van der Waals surface area contributed by atoms with E-state index < -0.39 is 35.2 Å². The van der Waals surface area contributed by atoms with E-state index in [0.717, 1.165) is 24.8 Å². The first-order valence-corrected chi connectivity index (χ1v) is 12.0. The molecule has 0 aromatic heterocycles. The lowest BCUT2D eigenvalue weighted by Gasteiger charge is -2.36. The van der Waals surface area contributed by atoms with E-state index in [1.807, 2.05) is 55.5 Å². The van der Waals surface area contributed by atoms with E-state index in [-0.39, 0.29) is 0 Å². The molecule has 0 N–H and O–H groups in total. The lowest BCUT2D eigenvalue weighted by molar-refractivity contribution is -0.164. The Balaban J connectivity index is 1.76. The SMILES string of the molecule is CCC(C)(C)C(=O)C(=O)N1CCCC[C@H]1C(=O)O[C@H](CCc1ccccc1)c1ccccc1. The second kappa shape index (κ2) is 11.3. The molecule has 0 radical (unpaired) electrons. The van der Waals surface area contributed by atoms with Crippen LogP contribution in [0.5, 0.6) is 0 Å². The number of amides is 1. The zero-order valence-corrected chi connectivity index (χ0v) is 20.0. The number of hydrogen-bond donors (Lipinski definition) is 0. The van der Waals surface area contributed by atoms with Gasteiger partial charge in [0.1, 0.15) is 12.1 Å². The maximum Gasteiger partial charge on any atom is 0.329 e. The van der Waals surface area contributed by atoms with Gasteiger partial charge in [-0.2, -0.15) is 0 Å². The summed E-state index contributed by atoms with van der Waals surface area (Å²) in [4.78, 5) is 40.6. The third-order valence-corrected chi connectivity index (χ3v) is 6.70. The Morgan fingerprint density at radius 3 is 2.27 bits per heavy atom. The van der Waals surface area contributed by atoms with Crippen LogP contribution in [-0.2, 0) is 25.5 Å². The molecule has 1 aliphatic rings. The highest BCUT2D eigenvalue weighted by molar-refractivity contribution is 6.38. The average molecular weight is 450 g/mol. The van der Waals surface area contributed by atoms with Gasteiger partial charge >= 0.3 is 5.97 Å². The number of benzene rings is 2. The van der Waals surface area contributed by atoms with Crippen LogP contribution in [-0.4, -0.2) is 35.1 Å². The summed E-state index contributed by atoms with van der Waals surface area (Å²) >= 11 is 0. The van der Waals surface area contributed by atoms with Gasteiger partial charge in [0.05, 0.1) is 0 Å². The largest absolute Gasteiger partial charge is 0.456 e. The highest BCUT2D eigenvalue weighted by atomic mass is 16.5. The second-order valence-electron chi connectivity index (χ2n) is 9.44. The molecule has 176 valence electrons. The molecule has 0 saturated carbocycles. The number of ketones is 1. The van der Waals surface area contributed by atoms with Gasteiger partial charge in [0.2, 0.25) is 5.78 Å². The Kier molecular flexibility index (Phi) is 8.43. The molecular weight excluding hydrogens is 414 g/mol. The first-order valence-electron chi connectivity index (χ1n) is 12.0. The van der Waals surface area contributed by atoms with Crippen molar-refractivity contribution in [1.82, 2.24) is 4.90 Å². The molecule has 1 heterocycles. The molecule has 2 aromatic rings. The smallest absolute Gasteiger partial charge is 0.329 e. The van der Waals surface area contributed by atoms with Crippen LogP contribution in [0.3, 0.4) is 0 Å². The van der Waals surface area contributed by atoms with E-state index >= 15 is 0 Å². The fourth-order valence-electron chi connectivity index (χ4n) is 4.12. The average Bonchev–Trinajstić information content (AvgIpc) is 2.86. The van der Waals surface area contributed by atoms with Crippen molar-refractivity contribution >= 4 is 17.7 Å². The van der Waals surface area contributed by atoms with Crippen LogP contribution in [0, 0.1) is 5.41 Å². The molecular formula is C28H35NO4. The minimum absolute atomic E-state index is 0.407. The summed E-state index contributed by atoms with van der Waals surface area (Å²) in [5.41, 5.74) is 1.36. The Labute approximate surface area is 197 Å². The van der Waals surface area contributed by atoms with Crippen molar-refractivity contribution in [3.63, 3.8) is 0 Å². The van der Waals surface area contributed by atoms with Crippen molar-refractivity contribution in [2.45, 2.75) is 71.4 Å². The lowest BCUT2D eigenvalue weighted by Crippen LogP contribution is -2.53. The van der Waals surface area contributed by atoms with Gasteiger partial charge in [-0.05, 0) is 49.7 Å². The van der Waals surface area contributed by atoms with Crippen LogP contribution < -0.4 is 0 Å². The number of carbonyl (C=O) groups is 3. The third-order valence-electron chi connectivity index (χ3n) is 6.70. The summed E-state index contributed by atoms with van der Waals surface area (Å²) in [6, 6.07) is 19.1. The summed E-state index contributed by atoms with van der Waals surface area (Å²) in [7, 11) is 0. The van der Waals surface area contributed by atoms with Crippen molar-refractivity contribution in [3.8, 4) is 0 Å². The summed E-state index contributed by atoms with van der Waals surface area (Å²) in [5.74, 6) is -1.43. The molecule has 0 unspecified atom stereocenters. The van der Waals surface area contributed by atoms with Crippen molar-refractivity contribution in [1.29, 1.82) is 0 Å². The minimum Gasteiger partial charge on any atom is -0.456 e. The molecule has 3 rings (SSSR count). The molecule has 1 fully saturated rings. The van der Waals surface area contributed by atoms with Gasteiger partial charge in [0.25, 0.3) is 5.91 Å². The number of aryl methyl sites for hydroxylation is 1. The summed E-state index contributed by atoms with van der Waals surface area (Å²) in [6.07, 6.45) is 3.69. The van der Waals surface area contributed by atoms with Gasteiger partial charge in [-0.3, -0.25) is 9.59 Å². The minimum atomic E-state index is -0.745. The summed E-state index contributed by atoms with van der Waals surface area (Å²) in [6.45, 7) is 5.85. The molecule has 1 amide bonds. The van der Waals surface area contributed by atoms with Gasteiger partial charge < -0.3 is 9.64 Å². The third kappa shape index (κ3) is 6.31. The molecule has 1 aliphatic heterocycles. The van der Waals surface area contributed by atoms with Crippen molar-refractivity contribution in [2.24, 2.45) is 5.41 Å². The van der Waals surface area contributed by atoms with E-state index in [1.54, 1.807) is 13.8 Å². The first-order chi connectivity index (χ1) is 15.8. The Morgan fingerprint density at radius 1 is 1.00 bits per heavy atom. The number of nitrogens with zero attached hydrogens (tertiary/aromatic N) is 1. The number of esters is 1. The van der Waals surface area contributed by atoms with E-state index in [0.29, 0.717) is 25.8 Å². The standard InChI is InChI=1S/C28H35NO4/c1-4-28(2,3)25(30)26(31)29-20-12-11-17-23(29)27(32)33-24(22-15-9-6-10-16-22)19-18-21-13-7-5-8-14-21/h5-10,13-16,23-24H,4,11-12,17-20H2,1-3H3/t23-,24+/m0/s1. The Morgan fingerprint density at radius 2 is 1.64 bits per heavy atom. The molecule has 2 aromatic carbocycles. The number of carbonyl (C=O) groups excluding carboxylic acids is 3. The number of piperidine rings is 1. The number of rotatable bonds is 9. The zero-order valence-electron chi connectivity index (χ0n) is 20.0. The number of likely N-dealkylation sites (tertiary alicyclic amines) is 1. The zero-order chi connectivity index (χ0) is 23.8. The highest BCUT2D eigenvalue weighted by Crippen LogP contribution is 2.29. The number of Topliss-reactive ketones (excluding diaryl/α,β-unsaturated/α-hetero) is 1. The van der Waals surface area contributed by atoms with E-state index in [1.165, 1.54) is 10.5 Å². The van der Waals surface area contributed by atoms with E-state index in [9.17, 15) is 14.4 Å². The quantitative estimate of drug-likeness (QED) is 0.385. The van der Waals surface area contributed by atoms with Gasteiger partial charge in [-0.25, -0.2) is 4.79 Å². The maximum absolute atomic E-state index is 13.3. The predicted molar refractivity (Wildman–Crippen MR) is 128 cm³/mol. The monoisotopic (exact) mass is 449 g/mol. The normalized spacial score (nSPS) is 17.3. The fourth-order valence-corrected chi connectivity index (χ4v) is 4.12. The predicted octanol–water partition coefficient (Wildman–Crippen LogP) is 5.29. The molecule has 5 heteroatoms. The van der Waals surface area contributed by atoms with E-state index in [2.05, 4.69) is 12.1 Å². The Bertz CT molecular complexity index is 939. The molecule has 0 bridgehead atoms. The van der Waals surface area contributed by atoms with Crippen LogP contribution in [0.2, 0.25) is 0 Å². The lowest BCUT2D eigenvalue weighted by atomic mass is 9.84. The second-order valence-corrected chi connectivity index (χ2v) is 9.44. The van der Waals surface area contributed by atoms with Crippen LogP contribution >= 0.6 is 0 Å². The Hall–Kier alpha value is -2.95. The maximum atomic E-state index is 13.3. The molecule has 5 nitrogen and oxygen atoms in total. The van der Waals surface area contributed by atoms with Gasteiger partial charge in [-0.15, -0.1) is 0 Å². The fraction of sp³-hybridized carbons (Fsp3) is 0.464. The molecule has 0 aliphatic carbocycles. The number of ether oxygens (including phenoxy) is 1. The van der Waals surface area contributed by atoms with Gasteiger partial charge in [0.15, 0.2) is 0 Å². The number of hydrogen-bond acceptors (Lipinski definition) is 4. The first kappa shape index (κ1) is 24.7. The van der Waals surface area contributed by atoms with Crippen LogP contribution in [0.1, 0.15) is 70.1 Å². The van der Waals surface area contributed by atoms with Crippen LogP contribution in [0.4, 0.5) is 0 Å². The molecule has 0 spiro atoms. The summed E-state index contributed by atoms with van der Waals surface area (Å²) < 4.78 is 6.03. The van der Waals surface area contributed by atoms with E-state index in [4.69, 9.17) is 4.74 Å². The molecule has 33 heavy (non-hydrogen) atoms. The highest BCUT2D eigenvalue weighted by Gasteiger charge is 2.41. The van der Waals surface area contributed by atoms with Gasteiger partial charge in [0, 0.05) is 12.0 Å².